The third-order valence-corrected chi connectivity index (χ3v) is 8.89. The Kier molecular flexibility index (Phi) is 8.62. The summed E-state index contributed by atoms with van der Waals surface area (Å²) in [5.41, 5.74) is 5.33. The molecule has 0 spiro atoms. The largest absolute Gasteiger partial charge is 0.328 e. The van der Waals surface area contributed by atoms with Crippen LogP contribution in [0.3, 0.4) is 0 Å². The lowest BCUT2D eigenvalue weighted by atomic mass is 9.68. The van der Waals surface area contributed by atoms with Gasteiger partial charge in [-0.2, -0.15) is 5.21 Å². The summed E-state index contributed by atoms with van der Waals surface area (Å²) in [5, 5.41) is 14.3. The molecule has 1 aromatic carbocycles. The maximum Gasteiger partial charge on any atom is 0.328 e. The van der Waals surface area contributed by atoms with Crippen LogP contribution in [-0.4, -0.2) is 34.7 Å². The summed E-state index contributed by atoms with van der Waals surface area (Å²) in [6, 6.07) is 10.4. The van der Waals surface area contributed by atoms with Gasteiger partial charge >= 0.3 is 5.69 Å². The van der Waals surface area contributed by atoms with Crippen LogP contribution in [0.5, 0.6) is 0 Å². The molecule has 2 unspecified atom stereocenters. The minimum atomic E-state index is 0.122. The number of tetrazole rings is 1. The zero-order chi connectivity index (χ0) is 28.2. The van der Waals surface area contributed by atoms with Crippen molar-refractivity contribution in [3.63, 3.8) is 0 Å². The van der Waals surface area contributed by atoms with Crippen molar-refractivity contribution < 1.29 is 0 Å². The van der Waals surface area contributed by atoms with Gasteiger partial charge in [-0.05, 0) is 77.3 Å². The normalized spacial score (nSPS) is 19.5. The molecule has 1 saturated carbocycles. The lowest BCUT2D eigenvalue weighted by Crippen LogP contribution is -2.41. The van der Waals surface area contributed by atoms with Gasteiger partial charge in [-0.3, -0.25) is 14.1 Å². The SMILES string of the molecule is CCCCc1cn(C2C(C(C)C)CCCC2C(C)C)c(=O)n1Cc1cnccc1-c1ccc(-c2nn[nH]n2)cc1. The third kappa shape index (κ3) is 5.67. The molecule has 1 aliphatic rings. The van der Waals surface area contributed by atoms with Crippen LogP contribution in [-0.2, 0) is 13.0 Å². The van der Waals surface area contributed by atoms with Gasteiger partial charge in [0.15, 0.2) is 0 Å². The van der Waals surface area contributed by atoms with E-state index in [1.165, 1.54) is 19.3 Å². The fraction of sp³-hybridized carbons (Fsp3) is 0.531. The molecule has 3 heterocycles. The summed E-state index contributed by atoms with van der Waals surface area (Å²) >= 11 is 0. The van der Waals surface area contributed by atoms with Crippen LogP contribution in [0.15, 0.2) is 53.7 Å². The number of rotatable bonds is 10. The van der Waals surface area contributed by atoms with Crippen molar-refractivity contribution in [1.82, 2.24) is 34.7 Å². The van der Waals surface area contributed by atoms with Crippen molar-refractivity contribution in [2.45, 2.75) is 85.7 Å². The smallest absolute Gasteiger partial charge is 0.295 e. The number of nitrogens with zero attached hydrogens (tertiary/aromatic N) is 6. The second-order valence-electron chi connectivity index (χ2n) is 12.1. The van der Waals surface area contributed by atoms with E-state index in [2.05, 4.69) is 83.1 Å². The van der Waals surface area contributed by atoms with Gasteiger partial charge in [-0.1, -0.05) is 71.7 Å². The van der Waals surface area contributed by atoms with E-state index in [4.69, 9.17) is 0 Å². The second-order valence-corrected chi connectivity index (χ2v) is 12.1. The maximum atomic E-state index is 14.3. The molecule has 212 valence electrons. The predicted octanol–water partition coefficient (Wildman–Crippen LogP) is 6.55. The van der Waals surface area contributed by atoms with E-state index in [-0.39, 0.29) is 11.7 Å². The zero-order valence-corrected chi connectivity index (χ0v) is 24.5. The van der Waals surface area contributed by atoms with E-state index in [0.717, 1.165) is 47.2 Å². The van der Waals surface area contributed by atoms with Gasteiger partial charge in [-0.25, -0.2) is 4.79 Å². The quantitative estimate of drug-likeness (QED) is 0.246. The molecule has 1 fully saturated rings. The second kappa shape index (κ2) is 12.3. The lowest BCUT2D eigenvalue weighted by Gasteiger charge is -2.42. The first-order valence-electron chi connectivity index (χ1n) is 15.0. The van der Waals surface area contributed by atoms with Gasteiger partial charge in [0, 0.05) is 35.9 Å². The summed E-state index contributed by atoms with van der Waals surface area (Å²) in [7, 11) is 0. The third-order valence-electron chi connectivity index (χ3n) is 8.89. The van der Waals surface area contributed by atoms with Crippen molar-refractivity contribution in [3.8, 4) is 22.5 Å². The molecule has 0 radical (unpaired) electrons. The van der Waals surface area contributed by atoms with Gasteiger partial charge in [0.1, 0.15) is 0 Å². The summed E-state index contributed by atoms with van der Waals surface area (Å²) in [6.07, 6.45) is 12.6. The molecule has 0 amide bonds. The van der Waals surface area contributed by atoms with Crippen LogP contribution in [0, 0.1) is 23.7 Å². The van der Waals surface area contributed by atoms with Gasteiger partial charge < -0.3 is 0 Å². The lowest BCUT2D eigenvalue weighted by molar-refractivity contribution is 0.0873. The standard InChI is InChI=1S/C32H43N7O/c1-6-7-9-26-20-39(30-27(21(2)3)10-8-11-28(30)22(4)5)32(40)38(26)19-25-18-33-17-16-29(25)23-12-14-24(15-13-23)31-34-36-37-35-31/h12-18,20-22,27-28,30H,6-11,19H2,1-5H3,(H,34,35,36,37). The zero-order valence-electron chi connectivity index (χ0n) is 24.5. The highest BCUT2D eigenvalue weighted by Gasteiger charge is 2.39. The fourth-order valence-electron chi connectivity index (χ4n) is 6.69. The van der Waals surface area contributed by atoms with E-state index in [9.17, 15) is 4.79 Å². The van der Waals surface area contributed by atoms with Crippen molar-refractivity contribution >= 4 is 0 Å². The van der Waals surface area contributed by atoms with Crippen LogP contribution < -0.4 is 5.69 Å². The predicted molar refractivity (Wildman–Crippen MR) is 159 cm³/mol. The van der Waals surface area contributed by atoms with Gasteiger partial charge in [0.25, 0.3) is 0 Å². The molecular formula is C32H43N7O. The number of hydrogen-bond donors (Lipinski definition) is 1. The van der Waals surface area contributed by atoms with E-state index >= 15 is 0 Å². The molecule has 1 N–H and O–H groups in total. The number of pyridine rings is 1. The Balaban J connectivity index is 1.53. The highest BCUT2D eigenvalue weighted by Crippen LogP contribution is 2.45. The highest BCUT2D eigenvalue weighted by atomic mass is 16.1. The maximum absolute atomic E-state index is 14.3. The Morgan fingerprint density at radius 1 is 1.00 bits per heavy atom. The molecule has 8 nitrogen and oxygen atoms in total. The average molecular weight is 542 g/mol. The summed E-state index contributed by atoms with van der Waals surface area (Å²) in [5.74, 6) is 2.68. The summed E-state index contributed by atoms with van der Waals surface area (Å²) in [4.78, 5) is 18.8. The molecule has 4 aromatic rings. The number of aryl methyl sites for hydroxylation is 1. The molecule has 0 aliphatic heterocycles. The first-order valence-corrected chi connectivity index (χ1v) is 15.0. The minimum absolute atomic E-state index is 0.122. The summed E-state index contributed by atoms with van der Waals surface area (Å²) in [6.45, 7) is 12.0. The number of hydrogen-bond acceptors (Lipinski definition) is 5. The number of H-pyrrole nitrogens is 1. The van der Waals surface area contributed by atoms with Crippen LogP contribution in [0.4, 0.5) is 0 Å². The van der Waals surface area contributed by atoms with E-state index in [1.54, 1.807) is 0 Å². The van der Waals surface area contributed by atoms with Gasteiger partial charge in [0.05, 0.1) is 6.54 Å². The number of aromatic amines is 1. The van der Waals surface area contributed by atoms with Crippen LogP contribution in [0.1, 0.15) is 84.0 Å². The van der Waals surface area contributed by atoms with Crippen LogP contribution in [0.2, 0.25) is 0 Å². The average Bonchev–Trinajstić information content (AvgIpc) is 3.61. The molecule has 0 bridgehead atoms. The van der Waals surface area contributed by atoms with Crippen molar-refractivity contribution in [1.29, 1.82) is 0 Å². The number of unbranched alkanes of at least 4 members (excludes halogenated alkanes) is 1. The molecule has 2 atom stereocenters. The van der Waals surface area contributed by atoms with Crippen molar-refractivity contribution in [2.75, 3.05) is 0 Å². The van der Waals surface area contributed by atoms with Crippen LogP contribution >= 0.6 is 0 Å². The summed E-state index contributed by atoms with van der Waals surface area (Å²) < 4.78 is 4.16. The Labute approximate surface area is 237 Å². The highest BCUT2D eigenvalue weighted by molar-refractivity contribution is 5.69. The Morgan fingerprint density at radius 3 is 2.33 bits per heavy atom. The Bertz CT molecular complexity index is 1420. The van der Waals surface area contributed by atoms with E-state index in [1.807, 2.05) is 35.2 Å². The topological polar surface area (TPSA) is 94.3 Å². The van der Waals surface area contributed by atoms with Crippen LogP contribution in [0.25, 0.3) is 22.5 Å². The number of imidazole rings is 1. The molecule has 1 aliphatic carbocycles. The molecule has 8 heteroatoms. The number of benzene rings is 1. The number of nitrogens with one attached hydrogen (secondary N) is 1. The Hall–Kier alpha value is -3.55. The molecule has 5 rings (SSSR count). The fourth-order valence-corrected chi connectivity index (χ4v) is 6.69. The molecule has 40 heavy (non-hydrogen) atoms. The molecule has 0 saturated heterocycles. The molecule has 3 aromatic heterocycles. The van der Waals surface area contributed by atoms with E-state index in [0.29, 0.717) is 36.0 Å². The Morgan fingerprint density at radius 2 is 1.70 bits per heavy atom. The van der Waals surface area contributed by atoms with Gasteiger partial charge in [0.2, 0.25) is 5.82 Å². The van der Waals surface area contributed by atoms with Crippen molar-refractivity contribution in [2.24, 2.45) is 23.7 Å². The van der Waals surface area contributed by atoms with Crippen molar-refractivity contribution in [3.05, 3.63) is 70.7 Å². The molecular weight excluding hydrogens is 498 g/mol. The monoisotopic (exact) mass is 541 g/mol. The minimum Gasteiger partial charge on any atom is -0.295 e. The first-order chi connectivity index (χ1) is 19.4. The van der Waals surface area contributed by atoms with Gasteiger partial charge in [-0.15, -0.1) is 10.2 Å². The van der Waals surface area contributed by atoms with E-state index < -0.39 is 0 Å². The number of aromatic nitrogens is 7. The first kappa shape index (κ1) is 28.0.